The molecule has 2 aromatic rings. The molecule has 0 amide bonds. The third-order valence-corrected chi connectivity index (χ3v) is 6.06. The van der Waals surface area contributed by atoms with E-state index in [0.717, 1.165) is 42.2 Å². The van der Waals surface area contributed by atoms with Crippen LogP contribution in [0.15, 0.2) is 12.1 Å². The fraction of sp³-hybridized carbons (Fsp3) is 0.625. The predicted molar refractivity (Wildman–Crippen MR) is 119 cm³/mol. The van der Waals surface area contributed by atoms with E-state index in [1.165, 1.54) is 48.9 Å². The Bertz CT molecular complexity index is 859. The second kappa shape index (κ2) is 8.78. The highest BCUT2D eigenvalue weighted by Gasteiger charge is 2.22. The SMILES string of the molecule is COc1cc2c3c(c(NC(C)C)nc2cc1OCC(C)CN1CCCC1)CCC3. The molecule has 0 radical (unpaired) electrons. The van der Waals surface area contributed by atoms with Crippen LogP contribution in [0.2, 0.25) is 0 Å². The average Bonchev–Trinajstić information content (AvgIpc) is 3.37. The van der Waals surface area contributed by atoms with Crippen molar-refractivity contribution in [3.05, 3.63) is 23.3 Å². The molecule has 1 atom stereocenters. The Balaban J connectivity index is 1.59. The van der Waals surface area contributed by atoms with Crippen molar-refractivity contribution in [2.24, 2.45) is 5.92 Å². The van der Waals surface area contributed by atoms with Gasteiger partial charge in [0.1, 0.15) is 5.82 Å². The third-order valence-electron chi connectivity index (χ3n) is 6.06. The molecule has 1 aliphatic heterocycles. The van der Waals surface area contributed by atoms with Gasteiger partial charge in [0.05, 0.1) is 19.2 Å². The van der Waals surface area contributed by atoms with Gasteiger partial charge >= 0.3 is 0 Å². The number of likely N-dealkylation sites (tertiary alicyclic amines) is 1. The minimum Gasteiger partial charge on any atom is -0.493 e. The van der Waals surface area contributed by atoms with Gasteiger partial charge in [0.2, 0.25) is 0 Å². The van der Waals surface area contributed by atoms with Crippen LogP contribution in [0.1, 0.15) is 51.2 Å². The van der Waals surface area contributed by atoms with Crippen molar-refractivity contribution < 1.29 is 9.47 Å². The number of ether oxygens (including phenoxy) is 2. The topological polar surface area (TPSA) is 46.6 Å². The minimum atomic E-state index is 0.366. The lowest BCUT2D eigenvalue weighted by Gasteiger charge is -2.21. The molecule has 2 aliphatic rings. The zero-order chi connectivity index (χ0) is 20.4. The van der Waals surface area contributed by atoms with Crippen LogP contribution in [0, 0.1) is 5.92 Å². The quantitative estimate of drug-likeness (QED) is 0.702. The smallest absolute Gasteiger partial charge is 0.163 e. The zero-order valence-corrected chi connectivity index (χ0v) is 18.4. The summed E-state index contributed by atoms with van der Waals surface area (Å²) in [5.74, 6) is 3.14. The number of pyridine rings is 1. The zero-order valence-electron chi connectivity index (χ0n) is 18.4. The number of hydrogen-bond acceptors (Lipinski definition) is 5. The highest BCUT2D eigenvalue weighted by atomic mass is 16.5. The van der Waals surface area contributed by atoms with Gasteiger partial charge in [0.25, 0.3) is 0 Å². The maximum Gasteiger partial charge on any atom is 0.163 e. The highest BCUT2D eigenvalue weighted by Crippen LogP contribution is 2.39. The van der Waals surface area contributed by atoms with Crippen LogP contribution in [-0.2, 0) is 12.8 Å². The van der Waals surface area contributed by atoms with E-state index in [2.05, 4.69) is 43.1 Å². The Kier molecular flexibility index (Phi) is 6.14. The summed E-state index contributed by atoms with van der Waals surface area (Å²) in [7, 11) is 1.73. The molecule has 1 aromatic carbocycles. The molecule has 0 saturated carbocycles. The maximum absolute atomic E-state index is 6.24. The van der Waals surface area contributed by atoms with Crippen molar-refractivity contribution in [3.63, 3.8) is 0 Å². The second-order valence-corrected chi connectivity index (χ2v) is 9.01. The standard InChI is InChI=1S/C24H35N3O2/c1-16(2)25-24-19-9-7-8-18(19)20-12-22(28-4)23(13-21(20)26-24)29-15-17(3)14-27-10-5-6-11-27/h12-13,16-17H,5-11,14-15H2,1-4H3,(H,25,26). The van der Waals surface area contributed by atoms with E-state index in [1.807, 2.05) is 0 Å². The van der Waals surface area contributed by atoms with E-state index < -0.39 is 0 Å². The number of aromatic nitrogens is 1. The van der Waals surface area contributed by atoms with Crippen molar-refractivity contribution in [2.45, 2.75) is 58.9 Å². The van der Waals surface area contributed by atoms with Gasteiger partial charge in [-0.15, -0.1) is 0 Å². The number of hydrogen-bond donors (Lipinski definition) is 1. The summed E-state index contributed by atoms with van der Waals surface area (Å²) in [5, 5.41) is 4.76. The Labute approximate surface area is 174 Å². The number of nitrogens with one attached hydrogen (secondary N) is 1. The van der Waals surface area contributed by atoms with Crippen LogP contribution in [0.3, 0.4) is 0 Å². The van der Waals surface area contributed by atoms with Crippen LogP contribution >= 0.6 is 0 Å². The molecule has 29 heavy (non-hydrogen) atoms. The monoisotopic (exact) mass is 397 g/mol. The van der Waals surface area contributed by atoms with E-state index >= 15 is 0 Å². The van der Waals surface area contributed by atoms with Crippen LogP contribution in [0.25, 0.3) is 10.9 Å². The van der Waals surface area contributed by atoms with Crippen molar-refractivity contribution in [1.29, 1.82) is 0 Å². The van der Waals surface area contributed by atoms with Gasteiger partial charge in [-0.1, -0.05) is 6.92 Å². The van der Waals surface area contributed by atoms with Gasteiger partial charge in [-0.25, -0.2) is 4.98 Å². The molecule has 1 N–H and O–H groups in total. The van der Waals surface area contributed by atoms with E-state index in [1.54, 1.807) is 7.11 Å². The summed E-state index contributed by atoms with van der Waals surface area (Å²) in [4.78, 5) is 7.52. The first-order chi connectivity index (χ1) is 14.0. The summed E-state index contributed by atoms with van der Waals surface area (Å²) < 4.78 is 11.9. The molecule has 1 fully saturated rings. The molecule has 1 aromatic heterocycles. The third kappa shape index (κ3) is 4.45. The second-order valence-electron chi connectivity index (χ2n) is 9.01. The van der Waals surface area contributed by atoms with E-state index in [-0.39, 0.29) is 0 Å². The van der Waals surface area contributed by atoms with Crippen molar-refractivity contribution in [3.8, 4) is 11.5 Å². The molecule has 1 aliphatic carbocycles. The summed E-state index contributed by atoms with van der Waals surface area (Å²) in [6.07, 6.45) is 6.06. The van der Waals surface area contributed by atoms with Gasteiger partial charge in [-0.05, 0) is 76.2 Å². The Morgan fingerprint density at radius 3 is 2.52 bits per heavy atom. The molecule has 1 saturated heterocycles. The lowest BCUT2D eigenvalue weighted by molar-refractivity contribution is 0.201. The fourth-order valence-electron chi connectivity index (χ4n) is 4.73. The summed E-state index contributed by atoms with van der Waals surface area (Å²) in [5.41, 5.74) is 3.79. The number of rotatable bonds is 8. The fourth-order valence-corrected chi connectivity index (χ4v) is 4.73. The molecule has 5 heteroatoms. The number of fused-ring (bicyclic) bond motifs is 3. The minimum absolute atomic E-state index is 0.366. The molecule has 1 unspecified atom stereocenters. The number of methoxy groups -OCH3 is 1. The molecule has 0 spiro atoms. The number of benzene rings is 1. The normalized spacial score (nSPS) is 17.7. The van der Waals surface area contributed by atoms with Crippen molar-refractivity contribution in [1.82, 2.24) is 9.88 Å². The molecule has 158 valence electrons. The maximum atomic E-state index is 6.24. The van der Waals surface area contributed by atoms with E-state index in [0.29, 0.717) is 18.6 Å². The van der Waals surface area contributed by atoms with Crippen LogP contribution in [-0.4, -0.2) is 49.3 Å². The van der Waals surface area contributed by atoms with Crippen LogP contribution in [0.5, 0.6) is 11.5 Å². The number of anilines is 1. The number of aryl methyl sites for hydroxylation is 1. The first kappa shape index (κ1) is 20.3. The summed E-state index contributed by atoms with van der Waals surface area (Å²) in [6, 6.07) is 4.57. The van der Waals surface area contributed by atoms with E-state index in [9.17, 15) is 0 Å². The Morgan fingerprint density at radius 1 is 1.03 bits per heavy atom. The summed E-state index contributed by atoms with van der Waals surface area (Å²) in [6.45, 7) is 10.8. The van der Waals surface area contributed by atoms with Crippen molar-refractivity contribution >= 4 is 16.7 Å². The molecule has 4 rings (SSSR count). The van der Waals surface area contributed by atoms with Gasteiger partial charge < -0.3 is 19.7 Å². The lowest BCUT2D eigenvalue weighted by Crippen LogP contribution is -2.28. The molecule has 2 heterocycles. The summed E-state index contributed by atoms with van der Waals surface area (Å²) >= 11 is 0. The van der Waals surface area contributed by atoms with Crippen molar-refractivity contribution in [2.75, 3.05) is 38.7 Å². The predicted octanol–water partition coefficient (Wildman–Crippen LogP) is 4.66. The first-order valence-electron chi connectivity index (χ1n) is 11.2. The molecular formula is C24H35N3O2. The Morgan fingerprint density at radius 2 is 1.79 bits per heavy atom. The van der Waals surface area contributed by atoms with E-state index in [4.69, 9.17) is 14.5 Å². The molecular weight excluding hydrogens is 362 g/mol. The number of nitrogens with zero attached hydrogens (tertiary/aromatic N) is 2. The lowest BCUT2D eigenvalue weighted by atomic mass is 10.0. The molecule has 0 bridgehead atoms. The largest absolute Gasteiger partial charge is 0.493 e. The highest BCUT2D eigenvalue weighted by molar-refractivity contribution is 5.89. The van der Waals surface area contributed by atoms with Gasteiger partial charge in [-0.3, -0.25) is 0 Å². The average molecular weight is 398 g/mol. The Hall–Kier alpha value is -2.01. The van der Waals surface area contributed by atoms with Gasteiger partial charge in [0, 0.05) is 30.0 Å². The van der Waals surface area contributed by atoms with Crippen LogP contribution < -0.4 is 14.8 Å². The van der Waals surface area contributed by atoms with Gasteiger partial charge in [-0.2, -0.15) is 0 Å². The van der Waals surface area contributed by atoms with Crippen LogP contribution in [0.4, 0.5) is 5.82 Å². The molecule has 5 nitrogen and oxygen atoms in total. The first-order valence-corrected chi connectivity index (χ1v) is 11.2. The van der Waals surface area contributed by atoms with Gasteiger partial charge in [0.15, 0.2) is 11.5 Å².